The molecule has 0 saturated heterocycles. The maximum atomic E-state index is 14.2. The van der Waals surface area contributed by atoms with Crippen molar-refractivity contribution in [2.45, 2.75) is 57.7 Å². The van der Waals surface area contributed by atoms with Crippen LogP contribution in [0.1, 0.15) is 50.2 Å². The predicted octanol–water partition coefficient (Wildman–Crippen LogP) is 6.55. The number of halogens is 7. The van der Waals surface area contributed by atoms with Crippen LogP contribution in [-0.4, -0.2) is 46.9 Å². The highest BCUT2D eigenvalue weighted by molar-refractivity contribution is 9.10. The van der Waals surface area contributed by atoms with Crippen LogP contribution in [0.3, 0.4) is 0 Å². The summed E-state index contributed by atoms with van der Waals surface area (Å²) in [5.74, 6) is -3.37. The minimum absolute atomic E-state index is 0.221. The van der Waals surface area contributed by atoms with Gasteiger partial charge in [0.1, 0.15) is 10.2 Å². The van der Waals surface area contributed by atoms with Gasteiger partial charge in [0.2, 0.25) is 5.60 Å². The van der Waals surface area contributed by atoms with Crippen molar-refractivity contribution in [3.63, 3.8) is 0 Å². The Hall–Kier alpha value is -3.66. The first-order chi connectivity index (χ1) is 19.2. The lowest BCUT2D eigenvalue weighted by Crippen LogP contribution is -2.61. The third-order valence-electron chi connectivity index (χ3n) is 4.88. The summed E-state index contributed by atoms with van der Waals surface area (Å²) in [5.41, 5.74) is -4.30. The molecule has 1 aromatic rings. The van der Waals surface area contributed by atoms with E-state index in [1.807, 2.05) is 5.32 Å². The second-order valence-corrected chi connectivity index (χ2v) is 10.1. The number of pyridine rings is 1. The molecular formula is C26H29BrF6N4O5. The summed E-state index contributed by atoms with van der Waals surface area (Å²) in [6.45, 7) is 12.0. The van der Waals surface area contributed by atoms with Gasteiger partial charge in [-0.25, -0.2) is 9.78 Å². The Morgan fingerprint density at radius 3 is 2.17 bits per heavy atom. The van der Waals surface area contributed by atoms with E-state index in [0.717, 1.165) is 6.08 Å². The number of hydrogen-bond donors (Lipinski definition) is 3. The van der Waals surface area contributed by atoms with Crippen molar-refractivity contribution >= 4 is 39.5 Å². The zero-order valence-corrected chi connectivity index (χ0v) is 24.5. The summed E-state index contributed by atoms with van der Waals surface area (Å²) in [5, 5.41) is 1.95. The second-order valence-electron chi connectivity index (χ2n) is 9.34. The first-order valence-corrected chi connectivity index (χ1v) is 12.7. The third-order valence-corrected chi connectivity index (χ3v) is 5.48. The Kier molecular flexibility index (Phi) is 12.5. The van der Waals surface area contributed by atoms with Crippen molar-refractivity contribution in [2.75, 3.05) is 11.9 Å². The first kappa shape index (κ1) is 36.4. The van der Waals surface area contributed by atoms with Gasteiger partial charge in [0.05, 0.1) is 17.9 Å². The lowest BCUT2D eigenvalue weighted by molar-refractivity contribution is -0.264. The average molecular weight is 671 g/mol. The van der Waals surface area contributed by atoms with E-state index in [1.165, 1.54) is 45.1 Å². The summed E-state index contributed by atoms with van der Waals surface area (Å²) < 4.78 is 92.2. The highest BCUT2D eigenvalue weighted by atomic mass is 79.9. The molecule has 0 bridgehead atoms. The molecule has 0 radical (unpaired) electrons. The van der Waals surface area contributed by atoms with E-state index in [1.54, 1.807) is 17.8 Å². The second kappa shape index (κ2) is 14.5. The number of rotatable bonds is 10. The van der Waals surface area contributed by atoms with Gasteiger partial charge in [-0.3, -0.25) is 25.8 Å². The van der Waals surface area contributed by atoms with Crippen molar-refractivity contribution in [3.05, 3.63) is 71.0 Å². The number of anilines is 1. The summed E-state index contributed by atoms with van der Waals surface area (Å²) in [6, 6.07) is 0.354. The van der Waals surface area contributed by atoms with Gasteiger partial charge in [-0.05, 0) is 55.3 Å². The molecule has 0 fully saturated rings. The fourth-order valence-electron chi connectivity index (χ4n) is 3.12. The van der Waals surface area contributed by atoms with E-state index in [0.29, 0.717) is 6.07 Å². The number of carbonyl (C=O) groups excluding carboxylic acids is 3. The monoisotopic (exact) mass is 670 g/mol. The molecule has 3 amide bonds. The normalized spacial score (nSPS) is 14.1. The van der Waals surface area contributed by atoms with Crippen LogP contribution in [0.25, 0.3) is 0 Å². The molecule has 42 heavy (non-hydrogen) atoms. The van der Waals surface area contributed by atoms with E-state index in [4.69, 9.17) is 9.47 Å². The summed E-state index contributed by atoms with van der Waals surface area (Å²) in [6.07, 6.45) is -6.31. The SMILES string of the molecule is C=C/C=C(\C=C/C)COC(CC=C)(C(=O)NNC(=O)c1nc(Br)c(C(F)(F)F)cc1NC(=O)OC(C)(C)C)C(F)(F)F. The molecule has 16 heteroatoms. The number of alkyl halides is 6. The minimum Gasteiger partial charge on any atom is -0.444 e. The Bertz CT molecular complexity index is 1260. The average Bonchev–Trinajstić information content (AvgIpc) is 2.83. The number of hydrazine groups is 1. The predicted molar refractivity (Wildman–Crippen MR) is 145 cm³/mol. The van der Waals surface area contributed by atoms with Crippen LogP contribution < -0.4 is 16.2 Å². The zero-order chi connectivity index (χ0) is 32.5. The van der Waals surface area contributed by atoms with Crippen molar-refractivity contribution < 1.29 is 50.2 Å². The molecular weight excluding hydrogens is 642 g/mol. The van der Waals surface area contributed by atoms with Crippen LogP contribution in [0.5, 0.6) is 0 Å². The fraction of sp³-hybridized carbons (Fsp3) is 0.385. The van der Waals surface area contributed by atoms with Crippen molar-refractivity contribution in [1.82, 2.24) is 15.8 Å². The van der Waals surface area contributed by atoms with Crippen LogP contribution in [-0.2, 0) is 20.4 Å². The lowest BCUT2D eigenvalue weighted by Gasteiger charge is -2.33. The molecule has 1 aromatic heterocycles. The molecule has 0 aromatic carbocycles. The number of amides is 3. The van der Waals surface area contributed by atoms with E-state index in [9.17, 15) is 40.7 Å². The maximum absolute atomic E-state index is 14.2. The Morgan fingerprint density at radius 1 is 1.07 bits per heavy atom. The minimum atomic E-state index is -5.33. The largest absolute Gasteiger partial charge is 0.444 e. The topological polar surface area (TPSA) is 119 Å². The highest BCUT2D eigenvalue weighted by Crippen LogP contribution is 2.38. The number of ether oxygens (including phenoxy) is 2. The van der Waals surface area contributed by atoms with Gasteiger partial charge in [0, 0.05) is 6.42 Å². The van der Waals surface area contributed by atoms with Crippen LogP contribution in [0.2, 0.25) is 0 Å². The molecule has 3 N–H and O–H groups in total. The van der Waals surface area contributed by atoms with E-state index >= 15 is 0 Å². The Labute approximate surface area is 246 Å². The Morgan fingerprint density at radius 2 is 1.69 bits per heavy atom. The van der Waals surface area contributed by atoms with Crippen LogP contribution >= 0.6 is 15.9 Å². The number of carbonyl (C=O) groups is 3. The van der Waals surface area contributed by atoms with Gasteiger partial charge in [0.25, 0.3) is 11.8 Å². The smallest absolute Gasteiger partial charge is 0.427 e. The molecule has 0 aliphatic carbocycles. The molecule has 0 aliphatic heterocycles. The number of hydrogen-bond acceptors (Lipinski definition) is 6. The molecule has 0 spiro atoms. The maximum Gasteiger partial charge on any atom is 0.427 e. The number of allylic oxidation sites excluding steroid dienone is 3. The lowest BCUT2D eigenvalue weighted by atomic mass is 9.97. The van der Waals surface area contributed by atoms with Crippen molar-refractivity contribution in [2.24, 2.45) is 0 Å². The van der Waals surface area contributed by atoms with Gasteiger partial charge in [-0.1, -0.05) is 37.0 Å². The van der Waals surface area contributed by atoms with E-state index < -0.39 is 76.0 Å². The van der Waals surface area contributed by atoms with Crippen LogP contribution in [0.15, 0.2) is 59.8 Å². The fourth-order valence-corrected chi connectivity index (χ4v) is 3.63. The highest BCUT2D eigenvalue weighted by Gasteiger charge is 2.61. The van der Waals surface area contributed by atoms with Gasteiger partial charge < -0.3 is 9.47 Å². The molecule has 0 aliphatic rings. The van der Waals surface area contributed by atoms with Gasteiger partial charge in [-0.2, -0.15) is 26.3 Å². The van der Waals surface area contributed by atoms with E-state index in [2.05, 4.69) is 34.1 Å². The van der Waals surface area contributed by atoms with Crippen molar-refractivity contribution in [3.8, 4) is 0 Å². The zero-order valence-electron chi connectivity index (χ0n) is 22.9. The molecule has 1 heterocycles. The molecule has 1 unspecified atom stereocenters. The van der Waals surface area contributed by atoms with Crippen LogP contribution in [0, 0.1) is 0 Å². The Balaban J connectivity index is 3.44. The van der Waals surface area contributed by atoms with Gasteiger partial charge >= 0.3 is 18.4 Å². The number of nitrogens with one attached hydrogen (secondary N) is 3. The standard InChI is InChI=1S/C26H29BrF6N4O5/c1-7-10-15(11-8-2)14-41-24(12-9-3,26(31,32)33)21(39)37-36-20(38)18-17(34-22(40)42-23(4,5)6)13-16(19(27)35-18)25(28,29)30/h7-11,13H,1,3,12,14H2,2,4-6H3,(H,34,40)(H,36,38)(H,37,39)/b11-8-,15-10+. The van der Waals surface area contributed by atoms with E-state index in [-0.39, 0.29) is 5.57 Å². The molecule has 232 valence electrons. The first-order valence-electron chi connectivity index (χ1n) is 11.9. The third kappa shape index (κ3) is 10.0. The molecule has 1 rings (SSSR count). The van der Waals surface area contributed by atoms with Gasteiger partial charge in [0.15, 0.2) is 5.69 Å². The molecule has 9 nitrogen and oxygen atoms in total. The number of nitrogens with zero attached hydrogens (tertiary/aromatic N) is 1. The summed E-state index contributed by atoms with van der Waals surface area (Å²) in [4.78, 5) is 41.5. The van der Waals surface area contributed by atoms with Crippen LogP contribution in [0.4, 0.5) is 36.8 Å². The van der Waals surface area contributed by atoms with Crippen molar-refractivity contribution in [1.29, 1.82) is 0 Å². The molecule has 1 atom stereocenters. The van der Waals surface area contributed by atoms with Gasteiger partial charge in [-0.15, -0.1) is 6.58 Å². The summed E-state index contributed by atoms with van der Waals surface area (Å²) >= 11 is 2.58. The number of aromatic nitrogens is 1. The summed E-state index contributed by atoms with van der Waals surface area (Å²) in [7, 11) is 0. The molecule has 0 saturated carbocycles. The quantitative estimate of drug-likeness (QED) is 0.0854.